The molecular weight excluding hydrogens is 689 g/mol. The molecule has 2 heterocycles. The second-order valence-corrected chi connectivity index (χ2v) is 13.8. The Bertz CT molecular complexity index is 1970. The Labute approximate surface area is 295 Å². The van der Waals surface area contributed by atoms with Crippen LogP contribution < -0.4 is 14.4 Å². The fourth-order valence-electron chi connectivity index (χ4n) is 5.08. The van der Waals surface area contributed by atoms with E-state index in [4.69, 9.17) is 32.7 Å². The maximum absolute atomic E-state index is 13.8. The summed E-state index contributed by atoms with van der Waals surface area (Å²) >= 11 is 15.0. The minimum atomic E-state index is -1.00. The highest BCUT2D eigenvalue weighted by molar-refractivity contribution is 8.00. The summed E-state index contributed by atoms with van der Waals surface area (Å²) in [6, 6.07) is 27.9. The summed E-state index contributed by atoms with van der Waals surface area (Å²) in [5.41, 5.74) is 2.70. The molecule has 0 bridgehead atoms. The van der Waals surface area contributed by atoms with Crippen molar-refractivity contribution in [2.24, 2.45) is 0 Å². The zero-order chi connectivity index (χ0) is 33.6. The first-order valence-electron chi connectivity index (χ1n) is 15.0. The molecule has 1 aromatic heterocycles. The van der Waals surface area contributed by atoms with Gasteiger partial charge in [0.05, 0.1) is 18.2 Å². The molecule has 8 nitrogen and oxygen atoms in total. The lowest BCUT2D eigenvalue weighted by Gasteiger charge is -2.23. The number of aliphatic hydroxyl groups excluding tert-OH is 1. The number of hydrogen-bond acceptors (Lipinski definition) is 9. The molecule has 12 heteroatoms. The van der Waals surface area contributed by atoms with E-state index < -0.39 is 17.7 Å². The van der Waals surface area contributed by atoms with Gasteiger partial charge in [-0.15, -0.1) is 10.2 Å². The number of aromatic nitrogens is 2. The lowest BCUT2D eigenvalue weighted by atomic mass is 9.95. The molecule has 1 saturated heterocycles. The fourth-order valence-corrected chi connectivity index (χ4v) is 7.51. The Kier molecular flexibility index (Phi) is 10.7. The second kappa shape index (κ2) is 15.3. The first-order chi connectivity index (χ1) is 23.3. The number of Topliss-reactive ketones (excluding diaryl/α,β-unsaturated/α-hetero) is 1. The van der Waals surface area contributed by atoms with E-state index in [0.29, 0.717) is 56.0 Å². The maximum Gasteiger partial charge on any atom is 0.301 e. The SMILES string of the molecule is CCCOc1ccc(/C(O)=C2\C(=O)C(=O)N(c3nnc(SCc4ccc(Cl)cc4Cl)s3)C2c2cccc(OCc3ccccc3)c2)cc1. The quantitative estimate of drug-likeness (QED) is 0.0448. The molecule has 1 amide bonds. The van der Waals surface area contributed by atoms with Crippen molar-refractivity contribution in [2.75, 3.05) is 11.5 Å². The molecule has 0 spiro atoms. The molecule has 0 aliphatic carbocycles. The van der Waals surface area contributed by atoms with Gasteiger partial charge in [-0.3, -0.25) is 14.5 Å². The maximum atomic E-state index is 13.8. The Hall–Kier alpha value is -4.35. The van der Waals surface area contributed by atoms with Crippen LogP contribution in [0.5, 0.6) is 11.5 Å². The molecule has 4 aromatic carbocycles. The van der Waals surface area contributed by atoms with Gasteiger partial charge in [-0.2, -0.15) is 0 Å². The van der Waals surface area contributed by atoms with Crippen LogP contribution in [0.25, 0.3) is 5.76 Å². The number of ether oxygens (including phenoxy) is 2. The van der Waals surface area contributed by atoms with Crippen LogP contribution >= 0.6 is 46.3 Å². The summed E-state index contributed by atoms with van der Waals surface area (Å²) in [7, 11) is 0. The van der Waals surface area contributed by atoms with Gasteiger partial charge in [-0.25, -0.2) is 0 Å². The van der Waals surface area contributed by atoms with E-state index in [1.807, 2.05) is 43.3 Å². The predicted molar refractivity (Wildman–Crippen MR) is 190 cm³/mol. The number of ketones is 1. The van der Waals surface area contributed by atoms with Gasteiger partial charge in [0.2, 0.25) is 5.13 Å². The number of anilines is 1. The normalized spacial score (nSPS) is 15.6. The van der Waals surface area contributed by atoms with Crippen LogP contribution in [0.3, 0.4) is 0 Å². The predicted octanol–water partition coefficient (Wildman–Crippen LogP) is 9.13. The number of carbonyl (C=O) groups excluding carboxylic acids is 2. The molecule has 1 aliphatic rings. The highest BCUT2D eigenvalue weighted by Crippen LogP contribution is 2.45. The average Bonchev–Trinajstić information content (AvgIpc) is 3.68. The van der Waals surface area contributed by atoms with Crippen LogP contribution in [0.2, 0.25) is 10.0 Å². The van der Waals surface area contributed by atoms with Crippen molar-refractivity contribution in [2.45, 2.75) is 36.1 Å². The van der Waals surface area contributed by atoms with E-state index in [1.54, 1.807) is 60.7 Å². The van der Waals surface area contributed by atoms with E-state index in [1.165, 1.54) is 28.0 Å². The molecule has 0 saturated carbocycles. The minimum absolute atomic E-state index is 0.0696. The van der Waals surface area contributed by atoms with Crippen molar-refractivity contribution >= 4 is 68.9 Å². The Morgan fingerprint density at radius 2 is 1.71 bits per heavy atom. The van der Waals surface area contributed by atoms with E-state index in [0.717, 1.165) is 17.5 Å². The van der Waals surface area contributed by atoms with Crippen LogP contribution in [0.15, 0.2) is 107 Å². The topological polar surface area (TPSA) is 102 Å². The zero-order valence-corrected chi connectivity index (χ0v) is 28.8. The van der Waals surface area contributed by atoms with Crippen molar-refractivity contribution in [1.82, 2.24) is 10.2 Å². The number of hydrogen-bond donors (Lipinski definition) is 1. The van der Waals surface area contributed by atoms with Gasteiger partial charge in [0, 0.05) is 21.4 Å². The first kappa shape index (κ1) is 33.5. The number of aliphatic hydroxyl groups is 1. The molecule has 1 aliphatic heterocycles. The third-order valence-electron chi connectivity index (χ3n) is 7.44. The van der Waals surface area contributed by atoms with Crippen LogP contribution in [-0.4, -0.2) is 33.6 Å². The highest BCUT2D eigenvalue weighted by atomic mass is 35.5. The van der Waals surface area contributed by atoms with E-state index >= 15 is 0 Å². The Morgan fingerprint density at radius 3 is 2.46 bits per heavy atom. The zero-order valence-electron chi connectivity index (χ0n) is 25.6. The number of benzene rings is 4. The molecule has 1 N–H and O–H groups in total. The number of carbonyl (C=O) groups is 2. The van der Waals surface area contributed by atoms with Crippen molar-refractivity contribution in [3.05, 3.63) is 135 Å². The van der Waals surface area contributed by atoms with Crippen LogP contribution in [-0.2, 0) is 21.9 Å². The lowest BCUT2D eigenvalue weighted by Crippen LogP contribution is -2.29. The molecule has 0 radical (unpaired) electrons. The Balaban J connectivity index is 1.35. The van der Waals surface area contributed by atoms with Crippen LogP contribution in [0.1, 0.15) is 41.6 Å². The van der Waals surface area contributed by atoms with Gasteiger partial charge in [0.1, 0.15) is 23.9 Å². The third-order valence-corrected chi connectivity index (χ3v) is 10.1. The first-order valence-corrected chi connectivity index (χ1v) is 17.6. The third kappa shape index (κ3) is 7.52. The standard InChI is InChI=1S/C36H29Cl2N3O5S2/c1-2-17-45-27-15-12-23(13-16-27)32(42)30-31(24-9-6-10-28(18-24)46-20-22-7-4-3-5-8-22)41(34(44)33(30)43)35-39-40-36(48-35)47-21-25-11-14-26(37)19-29(25)38/h3-16,18-19,31,42H,2,17,20-21H2,1H3/b32-30+. The van der Waals surface area contributed by atoms with Gasteiger partial charge < -0.3 is 14.6 Å². The average molecular weight is 719 g/mol. The van der Waals surface area contributed by atoms with Crippen molar-refractivity contribution in [1.29, 1.82) is 0 Å². The van der Waals surface area contributed by atoms with Gasteiger partial charge in [-0.1, -0.05) is 102 Å². The highest BCUT2D eigenvalue weighted by Gasteiger charge is 2.48. The number of amides is 1. The summed E-state index contributed by atoms with van der Waals surface area (Å²) < 4.78 is 12.3. The van der Waals surface area contributed by atoms with E-state index in [-0.39, 0.29) is 16.5 Å². The monoisotopic (exact) mass is 717 g/mol. The summed E-state index contributed by atoms with van der Waals surface area (Å²) in [6.07, 6.45) is 0.847. The van der Waals surface area contributed by atoms with Crippen molar-refractivity contribution < 1.29 is 24.2 Å². The Morgan fingerprint density at radius 1 is 0.917 bits per heavy atom. The van der Waals surface area contributed by atoms with Gasteiger partial charge in [0.25, 0.3) is 5.78 Å². The molecule has 6 rings (SSSR count). The molecule has 1 unspecified atom stereocenters. The van der Waals surface area contributed by atoms with Gasteiger partial charge in [0.15, 0.2) is 4.34 Å². The molecule has 48 heavy (non-hydrogen) atoms. The molecule has 1 atom stereocenters. The number of thioether (sulfide) groups is 1. The molecule has 5 aromatic rings. The summed E-state index contributed by atoms with van der Waals surface area (Å²) in [6.45, 7) is 2.88. The fraction of sp³-hybridized carbons (Fsp3) is 0.167. The van der Waals surface area contributed by atoms with Crippen molar-refractivity contribution in [3.63, 3.8) is 0 Å². The van der Waals surface area contributed by atoms with Crippen molar-refractivity contribution in [3.8, 4) is 11.5 Å². The van der Waals surface area contributed by atoms with E-state index in [9.17, 15) is 14.7 Å². The summed E-state index contributed by atoms with van der Waals surface area (Å²) in [4.78, 5) is 28.8. The minimum Gasteiger partial charge on any atom is -0.507 e. The van der Waals surface area contributed by atoms with Crippen LogP contribution in [0.4, 0.5) is 5.13 Å². The van der Waals surface area contributed by atoms with E-state index in [2.05, 4.69) is 10.2 Å². The number of halogens is 2. The molecule has 244 valence electrons. The largest absolute Gasteiger partial charge is 0.507 e. The van der Waals surface area contributed by atoms with Crippen LogP contribution in [0, 0.1) is 0 Å². The smallest absolute Gasteiger partial charge is 0.301 e. The molecule has 1 fully saturated rings. The number of rotatable bonds is 12. The van der Waals surface area contributed by atoms with Gasteiger partial charge >= 0.3 is 5.91 Å². The molecular formula is C36H29Cl2N3O5S2. The van der Waals surface area contributed by atoms with Gasteiger partial charge in [-0.05, 0) is 71.6 Å². The lowest BCUT2D eigenvalue weighted by molar-refractivity contribution is -0.132. The summed E-state index contributed by atoms with van der Waals surface area (Å²) in [5, 5.41) is 21.5. The number of nitrogens with zero attached hydrogens (tertiary/aromatic N) is 3. The summed E-state index contributed by atoms with van der Waals surface area (Å²) in [5.74, 6) is -0.313. The second-order valence-electron chi connectivity index (χ2n) is 10.8.